The Morgan fingerprint density at radius 3 is 2.74 bits per heavy atom. The van der Waals surface area contributed by atoms with Crippen LogP contribution < -0.4 is 5.32 Å². The van der Waals surface area contributed by atoms with Crippen LogP contribution in [0.3, 0.4) is 0 Å². The number of benzene rings is 1. The average molecular weight is 359 g/mol. The van der Waals surface area contributed by atoms with Gasteiger partial charge in [0, 0.05) is 6.07 Å². The van der Waals surface area contributed by atoms with Gasteiger partial charge in [0.2, 0.25) is 5.91 Å². The molecular weight excluding hydrogens is 342 g/mol. The van der Waals surface area contributed by atoms with Crippen LogP contribution in [-0.4, -0.2) is 35.4 Å². The molecule has 4 rings (SSSR count). The third kappa shape index (κ3) is 3.08. The molecule has 1 amide bonds. The van der Waals surface area contributed by atoms with Gasteiger partial charge < -0.3 is 5.32 Å². The van der Waals surface area contributed by atoms with Crippen LogP contribution in [0.4, 0.5) is 5.82 Å². The Morgan fingerprint density at radius 2 is 1.96 bits per heavy atom. The normalized spacial score (nSPS) is 11.3. The van der Waals surface area contributed by atoms with E-state index < -0.39 is 0 Å². The Hall–Kier alpha value is -3.81. The van der Waals surface area contributed by atoms with Crippen molar-refractivity contribution in [3.8, 4) is 11.5 Å². The lowest BCUT2D eigenvalue weighted by atomic mass is 10.3. The quantitative estimate of drug-likeness (QED) is 0.566. The molecule has 8 nitrogen and oxygen atoms in total. The van der Waals surface area contributed by atoms with Crippen molar-refractivity contribution >= 4 is 22.8 Å². The summed E-state index contributed by atoms with van der Waals surface area (Å²) in [4.78, 5) is 20.7. The molecule has 0 unspecified atom stereocenters. The number of carbonyl (C=O) groups is 1. The van der Waals surface area contributed by atoms with Crippen molar-refractivity contribution < 1.29 is 4.79 Å². The molecule has 4 aromatic rings. The molecular formula is C19H17N7O. The van der Waals surface area contributed by atoms with E-state index in [4.69, 9.17) is 0 Å². The Bertz CT molecular complexity index is 1140. The van der Waals surface area contributed by atoms with E-state index in [-0.39, 0.29) is 5.91 Å². The van der Waals surface area contributed by atoms with Crippen LogP contribution in [-0.2, 0) is 4.79 Å². The topological polar surface area (TPSA) is 90.5 Å². The van der Waals surface area contributed by atoms with E-state index in [0.717, 1.165) is 16.8 Å². The van der Waals surface area contributed by atoms with Crippen molar-refractivity contribution in [3.63, 3.8) is 0 Å². The molecule has 3 heterocycles. The number of hydrogen-bond acceptors (Lipinski definition) is 5. The number of para-hydroxylation sites is 1. The summed E-state index contributed by atoms with van der Waals surface area (Å²) in [6.45, 7) is 3.64. The number of aryl methyl sites for hydroxylation is 1. The number of hydrogen-bond donors (Lipinski definition) is 1. The van der Waals surface area contributed by atoms with E-state index in [1.54, 1.807) is 34.6 Å². The highest BCUT2D eigenvalue weighted by atomic mass is 16.1. The van der Waals surface area contributed by atoms with Gasteiger partial charge in [0.05, 0.1) is 23.0 Å². The first kappa shape index (κ1) is 16.6. The van der Waals surface area contributed by atoms with E-state index in [1.807, 2.05) is 37.3 Å². The fraction of sp³-hybridized carbons (Fsp3) is 0.105. The number of amides is 1. The third-order valence-electron chi connectivity index (χ3n) is 3.95. The molecule has 0 aliphatic carbocycles. The predicted molar refractivity (Wildman–Crippen MR) is 102 cm³/mol. The van der Waals surface area contributed by atoms with Crippen LogP contribution >= 0.6 is 0 Å². The third-order valence-corrected chi connectivity index (χ3v) is 3.95. The largest absolute Gasteiger partial charge is 0.307 e. The van der Waals surface area contributed by atoms with Gasteiger partial charge in [0.15, 0.2) is 11.5 Å². The number of aromatic nitrogens is 6. The maximum Gasteiger partial charge on any atom is 0.249 e. The molecule has 0 aliphatic heterocycles. The van der Waals surface area contributed by atoms with Gasteiger partial charge >= 0.3 is 0 Å². The minimum Gasteiger partial charge on any atom is -0.307 e. The molecule has 0 radical (unpaired) electrons. The number of fused-ring (bicyclic) bond motifs is 1. The Labute approximate surface area is 155 Å². The zero-order chi connectivity index (χ0) is 18.8. The van der Waals surface area contributed by atoms with Crippen LogP contribution in [0.1, 0.15) is 12.6 Å². The molecule has 0 aliphatic rings. The molecule has 8 heteroatoms. The van der Waals surface area contributed by atoms with Crippen LogP contribution in [0.5, 0.6) is 0 Å². The lowest BCUT2D eigenvalue weighted by Gasteiger charge is -2.08. The minimum atomic E-state index is -0.232. The summed E-state index contributed by atoms with van der Waals surface area (Å²) in [7, 11) is 0. The van der Waals surface area contributed by atoms with Gasteiger partial charge in [-0.05, 0) is 32.1 Å². The summed E-state index contributed by atoms with van der Waals surface area (Å²) >= 11 is 0. The minimum absolute atomic E-state index is 0.232. The fourth-order valence-corrected chi connectivity index (χ4v) is 2.83. The van der Waals surface area contributed by atoms with Crippen LogP contribution in [0.25, 0.3) is 22.5 Å². The number of allylic oxidation sites excluding steroid dienone is 1. The number of nitrogens with one attached hydrogen (secondary N) is 1. The number of anilines is 1. The van der Waals surface area contributed by atoms with Crippen molar-refractivity contribution in [1.29, 1.82) is 0 Å². The zero-order valence-electron chi connectivity index (χ0n) is 14.9. The summed E-state index contributed by atoms with van der Waals surface area (Å²) in [5, 5.41) is 12.5. The highest BCUT2D eigenvalue weighted by Crippen LogP contribution is 2.24. The fourth-order valence-electron chi connectivity index (χ4n) is 2.83. The molecule has 0 atom stereocenters. The maximum atomic E-state index is 12.0. The van der Waals surface area contributed by atoms with Crippen molar-refractivity contribution in [3.05, 3.63) is 66.8 Å². The number of carbonyl (C=O) groups excluding carboxylic acids is 1. The SMILES string of the molecule is C/C=C/C(=O)Nc1cc(C)nn1-c1ncnc2c1cnn2-c1ccccc1. The number of nitrogens with zero attached hydrogens (tertiary/aromatic N) is 6. The second-order valence-electron chi connectivity index (χ2n) is 5.90. The second-order valence-corrected chi connectivity index (χ2v) is 5.90. The van der Waals surface area contributed by atoms with E-state index in [1.165, 1.54) is 12.4 Å². The summed E-state index contributed by atoms with van der Waals surface area (Å²) < 4.78 is 3.34. The molecule has 1 aromatic carbocycles. The first-order chi connectivity index (χ1) is 13.2. The molecule has 0 spiro atoms. The molecule has 27 heavy (non-hydrogen) atoms. The van der Waals surface area contributed by atoms with Gasteiger partial charge in [-0.2, -0.15) is 14.9 Å². The monoisotopic (exact) mass is 359 g/mol. The summed E-state index contributed by atoms with van der Waals surface area (Å²) in [5.41, 5.74) is 2.31. The van der Waals surface area contributed by atoms with Crippen molar-refractivity contribution in [2.24, 2.45) is 0 Å². The van der Waals surface area contributed by atoms with Crippen LogP contribution in [0.15, 0.2) is 61.1 Å². The molecule has 0 fully saturated rings. The summed E-state index contributed by atoms with van der Waals surface area (Å²) in [6, 6.07) is 11.5. The van der Waals surface area contributed by atoms with Crippen LogP contribution in [0.2, 0.25) is 0 Å². The Balaban J connectivity index is 1.84. The molecule has 134 valence electrons. The lowest BCUT2D eigenvalue weighted by molar-refractivity contribution is -0.111. The maximum absolute atomic E-state index is 12.0. The summed E-state index contributed by atoms with van der Waals surface area (Å²) in [5.74, 6) is 0.845. The van der Waals surface area contributed by atoms with Gasteiger partial charge in [-0.25, -0.2) is 14.6 Å². The lowest BCUT2D eigenvalue weighted by Crippen LogP contribution is -2.13. The van der Waals surface area contributed by atoms with Crippen molar-refractivity contribution in [2.45, 2.75) is 13.8 Å². The Morgan fingerprint density at radius 1 is 1.15 bits per heavy atom. The van der Waals surface area contributed by atoms with E-state index in [9.17, 15) is 4.79 Å². The van der Waals surface area contributed by atoms with Gasteiger partial charge in [-0.1, -0.05) is 24.3 Å². The molecule has 0 saturated carbocycles. The van der Waals surface area contributed by atoms with Crippen molar-refractivity contribution in [1.82, 2.24) is 29.5 Å². The average Bonchev–Trinajstić information content (AvgIpc) is 3.26. The van der Waals surface area contributed by atoms with Gasteiger partial charge in [0.1, 0.15) is 12.1 Å². The highest BCUT2D eigenvalue weighted by Gasteiger charge is 2.17. The molecule has 0 bridgehead atoms. The van der Waals surface area contributed by atoms with E-state index in [2.05, 4.69) is 25.5 Å². The van der Waals surface area contributed by atoms with Gasteiger partial charge in [-0.3, -0.25) is 4.79 Å². The standard InChI is InChI=1S/C19H17N7O/c1-3-7-17(27)23-16-10-13(2)24-26(16)19-15-11-22-25(18(15)20-12-21-19)14-8-5-4-6-9-14/h3-12H,1-2H3,(H,23,27)/b7-3+. The molecule has 0 saturated heterocycles. The van der Waals surface area contributed by atoms with Crippen molar-refractivity contribution in [2.75, 3.05) is 5.32 Å². The second kappa shape index (κ2) is 6.83. The molecule has 3 aromatic heterocycles. The first-order valence-electron chi connectivity index (χ1n) is 8.42. The Kier molecular flexibility index (Phi) is 4.21. The smallest absolute Gasteiger partial charge is 0.249 e. The van der Waals surface area contributed by atoms with Gasteiger partial charge in [0.25, 0.3) is 0 Å². The van der Waals surface area contributed by atoms with E-state index in [0.29, 0.717) is 17.3 Å². The van der Waals surface area contributed by atoms with Gasteiger partial charge in [-0.15, -0.1) is 0 Å². The van der Waals surface area contributed by atoms with Crippen LogP contribution in [0, 0.1) is 6.92 Å². The first-order valence-corrected chi connectivity index (χ1v) is 8.42. The summed E-state index contributed by atoms with van der Waals surface area (Å²) in [6.07, 6.45) is 6.30. The molecule has 1 N–H and O–H groups in total. The highest BCUT2D eigenvalue weighted by molar-refractivity contribution is 5.99. The predicted octanol–water partition coefficient (Wildman–Crippen LogP) is 2.82. The van der Waals surface area contributed by atoms with E-state index >= 15 is 0 Å². The number of rotatable bonds is 4. The zero-order valence-corrected chi connectivity index (χ0v) is 14.9.